The van der Waals surface area contributed by atoms with Gasteiger partial charge < -0.3 is 14.8 Å². The molecule has 0 bridgehead atoms. The van der Waals surface area contributed by atoms with Crippen molar-refractivity contribution in [3.05, 3.63) is 36.0 Å². The third-order valence-electron chi connectivity index (χ3n) is 4.42. The zero-order valence-corrected chi connectivity index (χ0v) is 14.3. The molecule has 1 aliphatic rings. The lowest BCUT2D eigenvalue weighted by Crippen LogP contribution is -2.48. The molecule has 1 atom stereocenters. The van der Waals surface area contributed by atoms with E-state index in [0.717, 1.165) is 43.1 Å². The number of rotatable bonds is 5. The SMILES string of the molecule is Cc1ccc(N2CCCC(NC(=O)CCc3cncn3C)C2)nn1. The van der Waals surface area contributed by atoms with Gasteiger partial charge in [0, 0.05) is 44.5 Å². The van der Waals surface area contributed by atoms with Gasteiger partial charge in [-0.05, 0) is 38.3 Å². The average Bonchev–Trinajstić information content (AvgIpc) is 2.99. The van der Waals surface area contributed by atoms with Gasteiger partial charge in [0.25, 0.3) is 0 Å². The fourth-order valence-electron chi connectivity index (χ4n) is 3.03. The first-order chi connectivity index (χ1) is 11.6. The maximum Gasteiger partial charge on any atom is 0.220 e. The average molecular weight is 328 g/mol. The van der Waals surface area contributed by atoms with Crippen molar-refractivity contribution in [2.75, 3.05) is 18.0 Å². The monoisotopic (exact) mass is 328 g/mol. The minimum atomic E-state index is 0.0954. The number of anilines is 1. The Hall–Kier alpha value is -2.44. The molecule has 3 heterocycles. The van der Waals surface area contributed by atoms with Crippen LogP contribution in [-0.2, 0) is 18.3 Å². The maximum absolute atomic E-state index is 12.2. The minimum Gasteiger partial charge on any atom is -0.353 e. The van der Waals surface area contributed by atoms with E-state index >= 15 is 0 Å². The summed E-state index contributed by atoms with van der Waals surface area (Å²) < 4.78 is 1.95. The van der Waals surface area contributed by atoms with Gasteiger partial charge >= 0.3 is 0 Å². The molecule has 0 radical (unpaired) electrons. The summed E-state index contributed by atoms with van der Waals surface area (Å²) in [5.74, 6) is 0.979. The number of piperidine rings is 1. The van der Waals surface area contributed by atoms with Gasteiger partial charge in [-0.3, -0.25) is 4.79 Å². The Bertz CT molecular complexity index is 681. The van der Waals surface area contributed by atoms with E-state index in [4.69, 9.17) is 0 Å². The molecule has 1 N–H and O–H groups in total. The zero-order chi connectivity index (χ0) is 16.9. The minimum absolute atomic E-state index is 0.0954. The van der Waals surface area contributed by atoms with Crippen LogP contribution in [0, 0.1) is 6.92 Å². The summed E-state index contributed by atoms with van der Waals surface area (Å²) in [5.41, 5.74) is 1.99. The van der Waals surface area contributed by atoms with Crippen molar-refractivity contribution in [1.29, 1.82) is 0 Å². The highest BCUT2D eigenvalue weighted by Crippen LogP contribution is 2.17. The molecule has 1 fully saturated rings. The summed E-state index contributed by atoms with van der Waals surface area (Å²) >= 11 is 0. The topological polar surface area (TPSA) is 75.9 Å². The van der Waals surface area contributed by atoms with Gasteiger partial charge in [0.05, 0.1) is 12.0 Å². The molecule has 0 aromatic carbocycles. The maximum atomic E-state index is 12.2. The lowest BCUT2D eigenvalue weighted by Gasteiger charge is -2.33. The lowest BCUT2D eigenvalue weighted by atomic mass is 10.1. The number of hydrogen-bond donors (Lipinski definition) is 1. The summed E-state index contributed by atoms with van der Waals surface area (Å²) in [5, 5.41) is 11.5. The van der Waals surface area contributed by atoms with Crippen LogP contribution < -0.4 is 10.2 Å². The fourth-order valence-corrected chi connectivity index (χ4v) is 3.03. The number of carbonyl (C=O) groups excluding carboxylic acids is 1. The summed E-state index contributed by atoms with van der Waals surface area (Å²) in [6, 6.07) is 4.13. The van der Waals surface area contributed by atoms with Crippen molar-refractivity contribution in [3.8, 4) is 0 Å². The molecule has 1 amide bonds. The van der Waals surface area contributed by atoms with Gasteiger partial charge in [0.15, 0.2) is 5.82 Å². The Morgan fingerprint density at radius 2 is 2.25 bits per heavy atom. The molecule has 1 aliphatic heterocycles. The van der Waals surface area contributed by atoms with Crippen molar-refractivity contribution in [2.45, 2.75) is 38.6 Å². The highest BCUT2D eigenvalue weighted by atomic mass is 16.1. The molecule has 3 rings (SSSR count). The number of hydrogen-bond acceptors (Lipinski definition) is 5. The van der Waals surface area contributed by atoms with Gasteiger partial charge in [0.1, 0.15) is 0 Å². The van der Waals surface area contributed by atoms with Gasteiger partial charge in [-0.1, -0.05) is 0 Å². The van der Waals surface area contributed by atoms with E-state index in [-0.39, 0.29) is 11.9 Å². The number of aryl methyl sites for hydroxylation is 3. The third-order valence-corrected chi connectivity index (χ3v) is 4.42. The van der Waals surface area contributed by atoms with Crippen LogP contribution in [0.2, 0.25) is 0 Å². The van der Waals surface area contributed by atoms with E-state index in [1.165, 1.54) is 0 Å². The van der Waals surface area contributed by atoms with Crippen molar-refractivity contribution in [3.63, 3.8) is 0 Å². The van der Waals surface area contributed by atoms with Crippen LogP contribution >= 0.6 is 0 Å². The summed E-state index contributed by atoms with van der Waals surface area (Å²) in [6.07, 6.45) is 6.82. The van der Waals surface area contributed by atoms with Crippen LogP contribution in [0.1, 0.15) is 30.7 Å². The van der Waals surface area contributed by atoms with Crippen LogP contribution in [0.25, 0.3) is 0 Å². The molecule has 24 heavy (non-hydrogen) atoms. The second-order valence-electron chi connectivity index (χ2n) is 6.38. The predicted octanol–water partition coefficient (Wildman–Crippen LogP) is 1.24. The van der Waals surface area contributed by atoms with E-state index in [1.807, 2.05) is 36.9 Å². The van der Waals surface area contributed by atoms with Crippen molar-refractivity contribution < 1.29 is 4.79 Å². The molecule has 1 unspecified atom stereocenters. The van der Waals surface area contributed by atoms with Crippen molar-refractivity contribution in [2.24, 2.45) is 7.05 Å². The fraction of sp³-hybridized carbons (Fsp3) is 0.529. The first-order valence-electron chi connectivity index (χ1n) is 8.41. The second-order valence-corrected chi connectivity index (χ2v) is 6.38. The molecule has 7 nitrogen and oxygen atoms in total. The number of imidazole rings is 1. The Labute approximate surface area is 142 Å². The van der Waals surface area contributed by atoms with Crippen LogP contribution in [0.15, 0.2) is 24.7 Å². The normalized spacial score (nSPS) is 17.8. The second kappa shape index (κ2) is 7.42. The predicted molar refractivity (Wildman–Crippen MR) is 91.7 cm³/mol. The van der Waals surface area contributed by atoms with Crippen molar-refractivity contribution in [1.82, 2.24) is 25.1 Å². The quantitative estimate of drug-likeness (QED) is 0.893. The number of nitrogens with one attached hydrogen (secondary N) is 1. The molecule has 0 aliphatic carbocycles. The molecule has 0 spiro atoms. The molecule has 2 aromatic rings. The molecular formula is C17H24N6O. The first-order valence-corrected chi connectivity index (χ1v) is 8.41. The van der Waals surface area contributed by atoms with E-state index in [9.17, 15) is 4.79 Å². The van der Waals surface area contributed by atoms with Crippen LogP contribution in [0.4, 0.5) is 5.82 Å². The van der Waals surface area contributed by atoms with Gasteiger partial charge in [0.2, 0.25) is 5.91 Å². The molecule has 0 saturated carbocycles. The standard InChI is InChI=1S/C17H24N6O/c1-13-5-7-16(21-20-13)23-9-3-4-14(11-23)19-17(24)8-6-15-10-18-12-22(15)2/h5,7,10,12,14H,3-4,6,8-9,11H2,1-2H3,(H,19,24). The number of aromatic nitrogens is 4. The van der Waals surface area contributed by atoms with E-state index < -0.39 is 0 Å². The highest BCUT2D eigenvalue weighted by molar-refractivity contribution is 5.76. The van der Waals surface area contributed by atoms with E-state index in [1.54, 1.807) is 6.33 Å². The number of carbonyl (C=O) groups is 1. The largest absolute Gasteiger partial charge is 0.353 e. The smallest absolute Gasteiger partial charge is 0.220 e. The van der Waals surface area contributed by atoms with E-state index in [0.29, 0.717) is 12.8 Å². The van der Waals surface area contributed by atoms with Gasteiger partial charge in [-0.2, -0.15) is 5.10 Å². The number of nitrogens with zero attached hydrogens (tertiary/aromatic N) is 5. The summed E-state index contributed by atoms with van der Waals surface area (Å²) in [7, 11) is 1.95. The highest BCUT2D eigenvalue weighted by Gasteiger charge is 2.22. The zero-order valence-electron chi connectivity index (χ0n) is 14.3. The molecule has 7 heteroatoms. The Morgan fingerprint density at radius 3 is 2.96 bits per heavy atom. The van der Waals surface area contributed by atoms with E-state index in [2.05, 4.69) is 25.4 Å². The Morgan fingerprint density at radius 1 is 1.38 bits per heavy atom. The van der Waals surface area contributed by atoms with Crippen LogP contribution in [-0.4, -0.2) is 44.8 Å². The summed E-state index contributed by atoms with van der Waals surface area (Å²) in [6.45, 7) is 3.67. The Balaban J connectivity index is 1.50. The van der Waals surface area contributed by atoms with Gasteiger partial charge in [-0.15, -0.1) is 5.10 Å². The van der Waals surface area contributed by atoms with Crippen LogP contribution in [0.3, 0.4) is 0 Å². The Kier molecular flexibility index (Phi) is 5.08. The van der Waals surface area contributed by atoms with Crippen molar-refractivity contribution >= 4 is 11.7 Å². The summed E-state index contributed by atoms with van der Waals surface area (Å²) in [4.78, 5) is 18.5. The third kappa shape index (κ3) is 4.10. The number of amides is 1. The van der Waals surface area contributed by atoms with Gasteiger partial charge in [-0.25, -0.2) is 4.98 Å². The molecule has 2 aromatic heterocycles. The van der Waals surface area contributed by atoms with Crippen LogP contribution in [0.5, 0.6) is 0 Å². The molecular weight excluding hydrogens is 304 g/mol. The molecule has 128 valence electrons. The lowest BCUT2D eigenvalue weighted by molar-refractivity contribution is -0.121. The molecule has 1 saturated heterocycles. The first kappa shape index (κ1) is 16.4.